The predicted octanol–water partition coefficient (Wildman–Crippen LogP) is 3.47. The van der Waals surface area contributed by atoms with Crippen molar-refractivity contribution in [2.75, 3.05) is 6.54 Å². The molecule has 0 saturated carbocycles. The van der Waals surface area contributed by atoms with E-state index < -0.39 is 0 Å². The van der Waals surface area contributed by atoms with Gasteiger partial charge in [0.15, 0.2) is 0 Å². The van der Waals surface area contributed by atoms with Crippen molar-refractivity contribution in [3.8, 4) is 0 Å². The van der Waals surface area contributed by atoms with Gasteiger partial charge in [-0.25, -0.2) is 0 Å². The quantitative estimate of drug-likeness (QED) is 0.604. The molecule has 0 heterocycles. The van der Waals surface area contributed by atoms with E-state index >= 15 is 0 Å². The number of rotatable bonds is 11. The average molecular weight is 270 g/mol. The Balaban J connectivity index is 4.01. The second-order valence-electron chi connectivity index (χ2n) is 5.70. The van der Waals surface area contributed by atoms with Crippen LogP contribution < -0.4 is 11.1 Å². The number of nitrogens with one attached hydrogen (secondary N) is 1. The van der Waals surface area contributed by atoms with Crippen LogP contribution in [-0.4, -0.2) is 18.5 Å². The molecule has 0 aliphatic heterocycles. The molecule has 0 aromatic heterocycles. The SMILES string of the molecule is CCCC(CCN)CCC(=O)NC(C)C(CC)CC. The first-order valence-corrected chi connectivity index (χ1v) is 8.08. The van der Waals surface area contributed by atoms with Crippen molar-refractivity contribution >= 4 is 5.91 Å². The highest BCUT2D eigenvalue weighted by Gasteiger charge is 2.16. The van der Waals surface area contributed by atoms with Crippen molar-refractivity contribution in [2.45, 2.75) is 78.7 Å². The highest BCUT2D eigenvalue weighted by atomic mass is 16.1. The molecule has 0 bridgehead atoms. The minimum Gasteiger partial charge on any atom is -0.353 e. The summed E-state index contributed by atoms with van der Waals surface area (Å²) >= 11 is 0. The molecule has 0 aliphatic carbocycles. The minimum absolute atomic E-state index is 0.206. The van der Waals surface area contributed by atoms with Crippen molar-refractivity contribution in [3.05, 3.63) is 0 Å². The van der Waals surface area contributed by atoms with Gasteiger partial charge in [-0.2, -0.15) is 0 Å². The van der Waals surface area contributed by atoms with Gasteiger partial charge in [-0.15, -0.1) is 0 Å². The maximum absolute atomic E-state index is 12.0. The molecule has 0 aliphatic rings. The van der Waals surface area contributed by atoms with Crippen LogP contribution in [0.15, 0.2) is 0 Å². The van der Waals surface area contributed by atoms with Crippen molar-refractivity contribution < 1.29 is 4.79 Å². The lowest BCUT2D eigenvalue weighted by atomic mass is 9.93. The van der Waals surface area contributed by atoms with Gasteiger partial charge in [0.25, 0.3) is 0 Å². The van der Waals surface area contributed by atoms with Crippen molar-refractivity contribution in [2.24, 2.45) is 17.6 Å². The number of hydrogen-bond donors (Lipinski definition) is 2. The number of hydrogen-bond acceptors (Lipinski definition) is 2. The zero-order valence-electron chi connectivity index (χ0n) is 13.4. The molecular weight excluding hydrogens is 236 g/mol. The molecule has 3 heteroatoms. The van der Waals surface area contributed by atoms with Crippen LogP contribution >= 0.6 is 0 Å². The molecule has 0 radical (unpaired) electrons. The Morgan fingerprint density at radius 1 is 1.11 bits per heavy atom. The minimum atomic E-state index is 0.206. The van der Waals surface area contributed by atoms with Crippen LogP contribution in [-0.2, 0) is 4.79 Å². The standard InChI is InChI=1S/C16H34N2O/c1-5-8-14(11-12-17)9-10-16(19)18-13(4)15(6-2)7-3/h13-15H,5-12,17H2,1-4H3,(H,18,19). The van der Waals surface area contributed by atoms with Crippen LogP contribution in [0.2, 0.25) is 0 Å². The molecule has 0 aromatic carbocycles. The number of amides is 1. The summed E-state index contributed by atoms with van der Waals surface area (Å²) in [4.78, 5) is 12.0. The highest BCUT2D eigenvalue weighted by Crippen LogP contribution is 2.17. The van der Waals surface area contributed by atoms with Crippen LogP contribution in [0.25, 0.3) is 0 Å². The molecule has 2 unspecified atom stereocenters. The summed E-state index contributed by atoms with van der Waals surface area (Å²) in [5.74, 6) is 1.42. The second-order valence-corrected chi connectivity index (χ2v) is 5.70. The van der Waals surface area contributed by atoms with Crippen LogP contribution in [0.1, 0.15) is 72.6 Å². The number of carbonyl (C=O) groups is 1. The Morgan fingerprint density at radius 3 is 2.21 bits per heavy atom. The monoisotopic (exact) mass is 270 g/mol. The summed E-state index contributed by atoms with van der Waals surface area (Å²) in [7, 11) is 0. The molecule has 2 atom stereocenters. The zero-order chi connectivity index (χ0) is 14.7. The lowest BCUT2D eigenvalue weighted by Crippen LogP contribution is -2.37. The molecule has 0 saturated heterocycles. The second kappa shape index (κ2) is 11.3. The van der Waals surface area contributed by atoms with Gasteiger partial charge in [0.05, 0.1) is 0 Å². The first-order chi connectivity index (χ1) is 9.08. The molecule has 0 rings (SSSR count). The maximum Gasteiger partial charge on any atom is 0.220 e. The first kappa shape index (κ1) is 18.4. The van der Waals surface area contributed by atoms with Crippen LogP contribution in [0.5, 0.6) is 0 Å². The van der Waals surface area contributed by atoms with Gasteiger partial charge in [0, 0.05) is 12.5 Å². The van der Waals surface area contributed by atoms with E-state index in [-0.39, 0.29) is 5.91 Å². The normalized spacial score (nSPS) is 14.4. The average Bonchev–Trinajstić information content (AvgIpc) is 2.38. The first-order valence-electron chi connectivity index (χ1n) is 8.08. The van der Waals surface area contributed by atoms with E-state index in [4.69, 9.17) is 5.73 Å². The molecule has 3 N–H and O–H groups in total. The summed E-state index contributed by atoms with van der Waals surface area (Å²) in [5, 5.41) is 3.15. The van der Waals surface area contributed by atoms with Gasteiger partial charge in [-0.3, -0.25) is 4.79 Å². The Bertz CT molecular complexity index is 221. The number of nitrogens with two attached hydrogens (primary N) is 1. The highest BCUT2D eigenvalue weighted by molar-refractivity contribution is 5.76. The Morgan fingerprint density at radius 2 is 1.74 bits per heavy atom. The maximum atomic E-state index is 12.0. The van der Waals surface area contributed by atoms with Crippen LogP contribution in [0, 0.1) is 11.8 Å². The summed E-state index contributed by atoms with van der Waals surface area (Å²) < 4.78 is 0. The van der Waals surface area contributed by atoms with E-state index in [0.29, 0.717) is 24.3 Å². The summed E-state index contributed by atoms with van der Waals surface area (Å²) in [6.07, 6.45) is 7.29. The molecule has 114 valence electrons. The van der Waals surface area contributed by atoms with Gasteiger partial charge < -0.3 is 11.1 Å². The molecule has 0 fully saturated rings. The van der Waals surface area contributed by atoms with Gasteiger partial charge in [-0.1, -0.05) is 46.5 Å². The molecule has 0 spiro atoms. The van der Waals surface area contributed by atoms with E-state index in [1.54, 1.807) is 0 Å². The van der Waals surface area contributed by atoms with E-state index in [1.807, 2.05) is 0 Å². The van der Waals surface area contributed by atoms with E-state index in [0.717, 1.165) is 32.2 Å². The smallest absolute Gasteiger partial charge is 0.220 e. The topological polar surface area (TPSA) is 55.1 Å². The van der Waals surface area contributed by atoms with E-state index in [1.165, 1.54) is 12.8 Å². The molecular formula is C16H34N2O. The fourth-order valence-corrected chi connectivity index (χ4v) is 2.85. The van der Waals surface area contributed by atoms with Gasteiger partial charge in [0.1, 0.15) is 0 Å². The Hall–Kier alpha value is -0.570. The van der Waals surface area contributed by atoms with Crippen molar-refractivity contribution in [1.29, 1.82) is 0 Å². The largest absolute Gasteiger partial charge is 0.353 e. The van der Waals surface area contributed by atoms with Crippen LogP contribution in [0.3, 0.4) is 0 Å². The van der Waals surface area contributed by atoms with Gasteiger partial charge in [0.2, 0.25) is 5.91 Å². The zero-order valence-corrected chi connectivity index (χ0v) is 13.4. The lowest BCUT2D eigenvalue weighted by molar-refractivity contribution is -0.122. The fourth-order valence-electron chi connectivity index (χ4n) is 2.85. The molecule has 0 aromatic rings. The third kappa shape index (κ3) is 8.25. The van der Waals surface area contributed by atoms with Crippen LogP contribution in [0.4, 0.5) is 0 Å². The molecule has 1 amide bonds. The van der Waals surface area contributed by atoms with E-state index in [9.17, 15) is 4.79 Å². The summed E-state index contributed by atoms with van der Waals surface area (Å²) in [5.41, 5.74) is 5.62. The number of carbonyl (C=O) groups excluding carboxylic acids is 1. The third-order valence-electron chi connectivity index (χ3n) is 4.20. The van der Waals surface area contributed by atoms with Crippen molar-refractivity contribution in [3.63, 3.8) is 0 Å². The summed E-state index contributed by atoms with van der Waals surface area (Å²) in [6, 6.07) is 0.293. The summed E-state index contributed by atoms with van der Waals surface area (Å²) in [6.45, 7) is 9.43. The fraction of sp³-hybridized carbons (Fsp3) is 0.938. The lowest BCUT2D eigenvalue weighted by Gasteiger charge is -2.23. The third-order valence-corrected chi connectivity index (χ3v) is 4.20. The molecule has 19 heavy (non-hydrogen) atoms. The van der Waals surface area contributed by atoms with Gasteiger partial charge in [-0.05, 0) is 38.1 Å². The predicted molar refractivity (Wildman–Crippen MR) is 83.0 cm³/mol. The Kier molecular flexibility index (Phi) is 10.9. The molecule has 3 nitrogen and oxygen atoms in total. The van der Waals surface area contributed by atoms with Gasteiger partial charge >= 0.3 is 0 Å². The Labute approximate surface area is 119 Å². The van der Waals surface area contributed by atoms with E-state index in [2.05, 4.69) is 33.0 Å². The van der Waals surface area contributed by atoms with Crippen molar-refractivity contribution in [1.82, 2.24) is 5.32 Å².